The van der Waals surface area contributed by atoms with Gasteiger partial charge in [0.15, 0.2) is 5.82 Å². The number of allylic oxidation sites excluding steroid dienone is 1. The molecule has 0 bridgehead atoms. The first kappa shape index (κ1) is 15.5. The average molecular weight is 364 g/mol. The van der Waals surface area contributed by atoms with Crippen molar-refractivity contribution >= 4 is 28.9 Å². The van der Waals surface area contributed by atoms with Crippen molar-refractivity contribution in [3.63, 3.8) is 0 Å². The summed E-state index contributed by atoms with van der Waals surface area (Å²) in [5.41, 5.74) is 2.81. The Labute approximate surface area is 149 Å². The number of hydrogen-bond acceptors (Lipinski definition) is 6. The predicted molar refractivity (Wildman–Crippen MR) is 93.1 cm³/mol. The zero-order valence-electron chi connectivity index (χ0n) is 13.2. The van der Waals surface area contributed by atoms with Crippen molar-refractivity contribution in [2.24, 2.45) is 10.2 Å². The molecule has 0 fully saturated rings. The van der Waals surface area contributed by atoms with Crippen LogP contribution in [0.4, 0.5) is 5.69 Å². The van der Waals surface area contributed by atoms with E-state index in [-0.39, 0.29) is 0 Å². The van der Waals surface area contributed by atoms with Gasteiger partial charge in [0.25, 0.3) is 0 Å². The Balaban J connectivity index is 1.83. The Morgan fingerprint density at radius 1 is 1.17 bits per heavy atom. The predicted octanol–water partition coefficient (Wildman–Crippen LogP) is 4.33. The first-order valence-electron chi connectivity index (χ1n) is 7.42. The van der Waals surface area contributed by atoms with E-state index in [0.717, 1.165) is 23.0 Å². The molecule has 8 heteroatoms. The van der Waals surface area contributed by atoms with Crippen LogP contribution in [0.2, 0.25) is 10.0 Å². The molecule has 0 aromatic heterocycles. The molecule has 0 aliphatic carbocycles. The van der Waals surface area contributed by atoms with Crippen molar-refractivity contribution < 1.29 is 4.84 Å². The number of fused-ring (bicyclic) bond motifs is 2. The SMILES string of the molecule is CON1C=C2N=NC3=C(N2C1)N(c1cc(Cl)ccc1Cl)CC(C)=C3. The number of azo groups is 1. The van der Waals surface area contributed by atoms with Crippen LogP contribution in [-0.4, -0.2) is 30.3 Å². The maximum Gasteiger partial charge on any atom is 0.177 e. The standard InChI is InChI=1S/C16H15Cl2N5O/c1-10-5-13-16(23-9-21(24-2)8-15(23)20-19-13)22(7-10)14-6-11(17)3-4-12(14)18/h3-6,8H,7,9H2,1-2H3. The summed E-state index contributed by atoms with van der Waals surface area (Å²) in [6.07, 6.45) is 3.86. The number of anilines is 1. The molecule has 124 valence electrons. The molecule has 4 rings (SSSR count). The number of halogens is 2. The van der Waals surface area contributed by atoms with E-state index in [1.807, 2.05) is 23.2 Å². The zero-order valence-corrected chi connectivity index (χ0v) is 14.7. The van der Waals surface area contributed by atoms with Gasteiger partial charge in [-0.1, -0.05) is 28.8 Å². The highest BCUT2D eigenvalue weighted by Gasteiger charge is 2.35. The monoisotopic (exact) mass is 363 g/mol. The first-order valence-corrected chi connectivity index (χ1v) is 8.18. The Kier molecular flexibility index (Phi) is 3.75. The van der Waals surface area contributed by atoms with Crippen molar-refractivity contribution in [3.05, 3.63) is 63.4 Å². The molecule has 0 N–H and O–H groups in total. The van der Waals surface area contributed by atoms with Crippen molar-refractivity contribution in [2.75, 3.05) is 25.2 Å². The lowest BCUT2D eigenvalue weighted by Crippen LogP contribution is -2.40. The van der Waals surface area contributed by atoms with Gasteiger partial charge in [-0.2, -0.15) is 0 Å². The van der Waals surface area contributed by atoms with Crippen molar-refractivity contribution in [1.82, 2.24) is 9.96 Å². The van der Waals surface area contributed by atoms with Gasteiger partial charge >= 0.3 is 0 Å². The van der Waals surface area contributed by atoms with Gasteiger partial charge in [-0.3, -0.25) is 9.74 Å². The minimum atomic E-state index is 0.533. The molecular formula is C16H15Cl2N5O. The molecule has 3 aliphatic rings. The average Bonchev–Trinajstić information content (AvgIpc) is 2.99. The van der Waals surface area contributed by atoms with Crippen molar-refractivity contribution in [3.8, 4) is 0 Å². The third-order valence-electron chi connectivity index (χ3n) is 4.04. The smallest absolute Gasteiger partial charge is 0.177 e. The third kappa shape index (κ3) is 2.47. The first-order chi connectivity index (χ1) is 11.6. The van der Waals surface area contributed by atoms with Gasteiger partial charge in [-0.25, -0.2) is 5.06 Å². The number of hydrogen-bond donors (Lipinski definition) is 0. The molecule has 1 aromatic carbocycles. The lowest BCUT2D eigenvalue weighted by Gasteiger charge is -2.38. The van der Waals surface area contributed by atoms with Crippen LogP contribution >= 0.6 is 23.2 Å². The van der Waals surface area contributed by atoms with E-state index in [1.165, 1.54) is 5.57 Å². The molecule has 0 radical (unpaired) electrons. The minimum absolute atomic E-state index is 0.533. The highest BCUT2D eigenvalue weighted by Crippen LogP contribution is 2.40. The summed E-state index contributed by atoms with van der Waals surface area (Å²) in [4.78, 5) is 9.46. The van der Waals surface area contributed by atoms with Crippen LogP contribution in [0.1, 0.15) is 6.92 Å². The highest BCUT2D eigenvalue weighted by molar-refractivity contribution is 6.35. The van der Waals surface area contributed by atoms with Gasteiger partial charge in [0.2, 0.25) is 0 Å². The van der Waals surface area contributed by atoms with Crippen LogP contribution in [0.5, 0.6) is 0 Å². The van der Waals surface area contributed by atoms with Crippen molar-refractivity contribution in [1.29, 1.82) is 0 Å². The summed E-state index contributed by atoms with van der Waals surface area (Å²) in [6, 6.07) is 5.45. The molecule has 0 atom stereocenters. The Hall–Kier alpha value is -2.02. The van der Waals surface area contributed by atoms with E-state index in [9.17, 15) is 0 Å². The fraction of sp³-hybridized carbons (Fsp3) is 0.250. The topological polar surface area (TPSA) is 43.7 Å². The largest absolute Gasteiger partial charge is 0.320 e. The fourth-order valence-electron chi connectivity index (χ4n) is 2.98. The van der Waals surface area contributed by atoms with Gasteiger partial charge < -0.3 is 4.90 Å². The van der Waals surface area contributed by atoms with E-state index in [2.05, 4.69) is 22.1 Å². The van der Waals surface area contributed by atoms with Crippen LogP contribution in [0.25, 0.3) is 0 Å². The minimum Gasteiger partial charge on any atom is -0.320 e. The molecule has 0 spiro atoms. The van der Waals surface area contributed by atoms with Gasteiger partial charge in [-0.05, 0) is 31.2 Å². The van der Waals surface area contributed by atoms with E-state index in [4.69, 9.17) is 28.0 Å². The maximum atomic E-state index is 6.44. The summed E-state index contributed by atoms with van der Waals surface area (Å²) in [5.74, 6) is 1.65. The number of benzene rings is 1. The van der Waals surface area contributed by atoms with Crippen LogP contribution in [0.15, 0.2) is 63.6 Å². The molecule has 6 nitrogen and oxygen atoms in total. The highest BCUT2D eigenvalue weighted by atomic mass is 35.5. The van der Waals surface area contributed by atoms with Crippen molar-refractivity contribution in [2.45, 2.75) is 6.92 Å². The summed E-state index contributed by atoms with van der Waals surface area (Å²) < 4.78 is 0. The second-order valence-electron chi connectivity index (χ2n) is 5.74. The maximum absolute atomic E-state index is 6.44. The van der Waals surface area contributed by atoms with Crippen LogP contribution < -0.4 is 4.90 Å². The molecule has 0 saturated carbocycles. The molecule has 3 aliphatic heterocycles. The number of rotatable bonds is 2. The second kappa shape index (κ2) is 5.81. The van der Waals surface area contributed by atoms with Crippen LogP contribution in [0.3, 0.4) is 0 Å². The summed E-state index contributed by atoms with van der Waals surface area (Å²) in [5, 5.41) is 11.6. The summed E-state index contributed by atoms with van der Waals surface area (Å²) in [6.45, 7) is 3.29. The van der Waals surface area contributed by atoms with Crippen LogP contribution in [-0.2, 0) is 4.84 Å². The molecule has 3 heterocycles. The normalized spacial score (nSPS) is 19.4. The lowest BCUT2D eigenvalue weighted by atomic mass is 10.1. The van der Waals surface area contributed by atoms with E-state index >= 15 is 0 Å². The van der Waals surface area contributed by atoms with E-state index < -0.39 is 0 Å². The number of nitrogens with zero attached hydrogens (tertiary/aromatic N) is 5. The Bertz CT molecular complexity index is 830. The molecule has 1 aromatic rings. The van der Waals surface area contributed by atoms with Gasteiger partial charge in [0.05, 0.1) is 24.0 Å². The Morgan fingerprint density at radius 2 is 2.00 bits per heavy atom. The Morgan fingerprint density at radius 3 is 2.79 bits per heavy atom. The number of hydroxylamine groups is 2. The van der Waals surface area contributed by atoms with E-state index in [1.54, 1.807) is 24.3 Å². The zero-order chi connectivity index (χ0) is 16.8. The molecule has 24 heavy (non-hydrogen) atoms. The fourth-order valence-corrected chi connectivity index (χ4v) is 3.36. The van der Waals surface area contributed by atoms with Gasteiger partial charge in [0, 0.05) is 11.6 Å². The second-order valence-corrected chi connectivity index (χ2v) is 6.58. The summed E-state index contributed by atoms with van der Waals surface area (Å²) >= 11 is 12.6. The molecule has 0 amide bonds. The van der Waals surface area contributed by atoms with Gasteiger partial charge in [-0.15, -0.1) is 10.2 Å². The molecule has 0 saturated heterocycles. The van der Waals surface area contributed by atoms with Crippen LogP contribution in [0, 0.1) is 0 Å². The quantitative estimate of drug-likeness (QED) is 0.784. The summed E-state index contributed by atoms with van der Waals surface area (Å²) in [7, 11) is 1.62. The third-order valence-corrected chi connectivity index (χ3v) is 4.60. The van der Waals surface area contributed by atoms with Gasteiger partial charge in [0.1, 0.15) is 18.2 Å². The van der Waals surface area contributed by atoms with E-state index in [0.29, 0.717) is 23.3 Å². The lowest BCUT2D eigenvalue weighted by molar-refractivity contribution is -0.0952. The molecule has 0 unspecified atom stereocenters. The molecular weight excluding hydrogens is 349 g/mol.